The minimum Gasteiger partial charge on any atom is -0.444 e. The van der Waals surface area contributed by atoms with Gasteiger partial charge in [-0.1, -0.05) is 0 Å². The number of carbonyl (C=O) groups is 1. The second-order valence-corrected chi connectivity index (χ2v) is 5.98. The average Bonchev–Trinajstić information content (AvgIpc) is 2.32. The largest absolute Gasteiger partial charge is 0.444 e. The van der Waals surface area contributed by atoms with Crippen molar-refractivity contribution in [2.75, 3.05) is 26.3 Å². The van der Waals surface area contributed by atoms with E-state index in [-0.39, 0.29) is 6.09 Å². The van der Waals surface area contributed by atoms with Gasteiger partial charge in [0.1, 0.15) is 5.60 Å². The lowest BCUT2D eigenvalue weighted by Crippen LogP contribution is -2.36. The van der Waals surface area contributed by atoms with Gasteiger partial charge in [0.05, 0.1) is 0 Å². The van der Waals surface area contributed by atoms with E-state index in [1.165, 1.54) is 0 Å². The predicted molar refractivity (Wildman–Crippen MR) is 75.3 cm³/mol. The van der Waals surface area contributed by atoms with Gasteiger partial charge >= 0.3 is 6.09 Å². The molecule has 0 spiro atoms. The van der Waals surface area contributed by atoms with Crippen molar-refractivity contribution in [1.29, 1.82) is 0 Å². The Hall–Kier alpha value is -0.810. The normalized spacial score (nSPS) is 17.2. The Bertz CT molecular complexity index is 258. The van der Waals surface area contributed by atoms with Crippen LogP contribution in [-0.4, -0.2) is 44.0 Å². The molecule has 5 heteroatoms. The van der Waals surface area contributed by atoms with Gasteiger partial charge in [-0.15, -0.1) is 0 Å². The van der Waals surface area contributed by atoms with E-state index < -0.39 is 5.60 Å². The van der Waals surface area contributed by atoms with E-state index in [1.807, 2.05) is 20.8 Å². The number of hydrogen-bond donors (Lipinski definition) is 2. The van der Waals surface area contributed by atoms with Crippen molar-refractivity contribution in [3.63, 3.8) is 0 Å². The van der Waals surface area contributed by atoms with Gasteiger partial charge in [-0.05, 0) is 53.0 Å². The van der Waals surface area contributed by atoms with Crippen molar-refractivity contribution in [3.8, 4) is 0 Å². The molecular weight excluding hydrogens is 244 g/mol. The molecule has 0 saturated carbocycles. The summed E-state index contributed by atoms with van der Waals surface area (Å²) >= 11 is 0. The Morgan fingerprint density at radius 1 is 1.21 bits per heavy atom. The molecule has 0 radical (unpaired) electrons. The maximum atomic E-state index is 11.4. The van der Waals surface area contributed by atoms with Gasteiger partial charge in [0.2, 0.25) is 0 Å². The first-order chi connectivity index (χ1) is 8.97. The summed E-state index contributed by atoms with van der Waals surface area (Å²) in [7, 11) is 0. The Labute approximate surface area is 116 Å². The molecule has 112 valence electrons. The lowest BCUT2D eigenvalue weighted by Gasteiger charge is -2.23. The molecular formula is C14H28N2O3. The second-order valence-electron chi connectivity index (χ2n) is 5.98. The molecule has 5 nitrogen and oxygen atoms in total. The van der Waals surface area contributed by atoms with Gasteiger partial charge in [-0.2, -0.15) is 0 Å². The first kappa shape index (κ1) is 16.2. The van der Waals surface area contributed by atoms with Crippen LogP contribution in [-0.2, 0) is 9.47 Å². The van der Waals surface area contributed by atoms with Crippen molar-refractivity contribution < 1.29 is 14.3 Å². The van der Waals surface area contributed by atoms with E-state index in [0.717, 1.165) is 45.4 Å². The number of hydrogen-bond acceptors (Lipinski definition) is 4. The average molecular weight is 272 g/mol. The summed E-state index contributed by atoms with van der Waals surface area (Å²) < 4.78 is 10.5. The van der Waals surface area contributed by atoms with Crippen LogP contribution in [0.2, 0.25) is 0 Å². The number of rotatable bonds is 6. The molecule has 0 aromatic heterocycles. The van der Waals surface area contributed by atoms with Crippen LogP contribution in [0.25, 0.3) is 0 Å². The molecule has 19 heavy (non-hydrogen) atoms. The molecule has 2 N–H and O–H groups in total. The molecule has 0 unspecified atom stereocenters. The number of alkyl carbamates (subject to hydrolysis) is 1. The Morgan fingerprint density at radius 3 is 2.47 bits per heavy atom. The zero-order chi connectivity index (χ0) is 14.1. The van der Waals surface area contributed by atoms with Crippen molar-refractivity contribution >= 4 is 6.09 Å². The molecule has 1 fully saturated rings. The lowest BCUT2D eigenvalue weighted by molar-refractivity contribution is 0.0526. The van der Waals surface area contributed by atoms with Crippen LogP contribution in [0.4, 0.5) is 4.79 Å². The maximum absolute atomic E-state index is 11.4. The molecule has 1 saturated heterocycles. The monoisotopic (exact) mass is 272 g/mol. The van der Waals surface area contributed by atoms with Crippen molar-refractivity contribution in [2.45, 2.75) is 58.1 Å². The Morgan fingerprint density at radius 2 is 1.84 bits per heavy atom. The summed E-state index contributed by atoms with van der Waals surface area (Å²) in [5, 5.41) is 6.29. The first-order valence-corrected chi connectivity index (χ1v) is 7.25. The number of amides is 1. The number of carbonyl (C=O) groups excluding carboxylic acids is 1. The van der Waals surface area contributed by atoms with Crippen LogP contribution in [0.1, 0.15) is 46.5 Å². The minimum absolute atomic E-state index is 0.329. The van der Waals surface area contributed by atoms with Crippen LogP contribution < -0.4 is 10.6 Å². The highest BCUT2D eigenvalue weighted by Gasteiger charge is 2.15. The smallest absolute Gasteiger partial charge is 0.407 e. The van der Waals surface area contributed by atoms with Crippen LogP contribution in [0.3, 0.4) is 0 Å². The van der Waals surface area contributed by atoms with Crippen LogP contribution >= 0.6 is 0 Å². The van der Waals surface area contributed by atoms with E-state index in [1.54, 1.807) is 0 Å². The summed E-state index contributed by atoms with van der Waals surface area (Å²) in [6, 6.07) is 0.604. The van der Waals surface area contributed by atoms with Crippen LogP contribution in [0.15, 0.2) is 0 Å². The molecule has 1 rings (SSSR count). The minimum atomic E-state index is -0.422. The highest BCUT2D eigenvalue weighted by molar-refractivity contribution is 5.67. The molecule has 1 aliphatic rings. The van der Waals surface area contributed by atoms with Gasteiger partial charge in [0, 0.05) is 25.8 Å². The molecule has 0 aliphatic carbocycles. The van der Waals surface area contributed by atoms with Gasteiger partial charge in [0.15, 0.2) is 0 Å². The van der Waals surface area contributed by atoms with E-state index in [2.05, 4.69) is 10.6 Å². The SMILES string of the molecule is CC(C)(C)OC(=O)NCCCCNC1CCOCC1. The predicted octanol–water partition coefficient (Wildman–Crippen LogP) is 2.06. The fourth-order valence-corrected chi connectivity index (χ4v) is 1.96. The van der Waals surface area contributed by atoms with E-state index in [9.17, 15) is 4.79 Å². The highest BCUT2D eigenvalue weighted by atomic mass is 16.6. The maximum Gasteiger partial charge on any atom is 0.407 e. The molecule has 0 bridgehead atoms. The lowest BCUT2D eigenvalue weighted by atomic mass is 10.1. The Kier molecular flexibility index (Phi) is 7.16. The van der Waals surface area contributed by atoms with Crippen molar-refractivity contribution in [3.05, 3.63) is 0 Å². The topological polar surface area (TPSA) is 59.6 Å². The summed E-state index contributed by atoms with van der Waals surface area (Å²) in [6.45, 7) is 9.01. The van der Waals surface area contributed by atoms with Crippen LogP contribution in [0.5, 0.6) is 0 Å². The molecule has 1 aliphatic heterocycles. The van der Waals surface area contributed by atoms with E-state index in [4.69, 9.17) is 9.47 Å². The fourth-order valence-electron chi connectivity index (χ4n) is 1.96. The van der Waals surface area contributed by atoms with Crippen LogP contribution in [0, 0.1) is 0 Å². The third-order valence-corrected chi connectivity index (χ3v) is 2.93. The second kappa shape index (κ2) is 8.38. The zero-order valence-corrected chi connectivity index (χ0v) is 12.5. The summed E-state index contributed by atoms with van der Waals surface area (Å²) in [4.78, 5) is 11.4. The number of nitrogens with one attached hydrogen (secondary N) is 2. The standard InChI is InChI=1S/C14H28N2O3/c1-14(2,3)19-13(17)16-9-5-4-8-15-12-6-10-18-11-7-12/h12,15H,4-11H2,1-3H3,(H,16,17). The number of ether oxygens (including phenoxy) is 2. The number of unbranched alkanes of at least 4 members (excludes halogenated alkanes) is 1. The van der Waals surface area contributed by atoms with E-state index in [0.29, 0.717) is 12.6 Å². The molecule has 0 aromatic rings. The Balaban J connectivity index is 1.92. The van der Waals surface area contributed by atoms with Crippen molar-refractivity contribution in [1.82, 2.24) is 10.6 Å². The summed E-state index contributed by atoms with van der Waals surface area (Å²) in [5.74, 6) is 0. The third kappa shape index (κ3) is 8.83. The summed E-state index contributed by atoms with van der Waals surface area (Å²) in [6.07, 6.45) is 3.92. The van der Waals surface area contributed by atoms with Gasteiger partial charge < -0.3 is 20.1 Å². The van der Waals surface area contributed by atoms with Gasteiger partial charge in [-0.3, -0.25) is 0 Å². The molecule has 0 atom stereocenters. The molecule has 1 heterocycles. The molecule has 0 aromatic carbocycles. The highest BCUT2D eigenvalue weighted by Crippen LogP contribution is 2.07. The summed E-state index contributed by atoms with van der Waals surface area (Å²) in [5.41, 5.74) is -0.422. The van der Waals surface area contributed by atoms with Crippen molar-refractivity contribution in [2.24, 2.45) is 0 Å². The van der Waals surface area contributed by atoms with Gasteiger partial charge in [0.25, 0.3) is 0 Å². The fraction of sp³-hybridized carbons (Fsp3) is 0.929. The third-order valence-electron chi connectivity index (χ3n) is 2.93. The van der Waals surface area contributed by atoms with E-state index >= 15 is 0 Å². The van der Waals surface area contributed by atoms with Gasteiger partial charge in [-0.25, -0.2) is 4.79 Å². The molecule has 1 amide bonds. The quantitative estimate of drug-likeness (QED) is 0.727. The zero-order valence-electron chi connectivity index (χ0n) is 12.5. The first-order valence-electron chi connectivity index (χ1n) is 7.25.